The first-order valence-corrected chi connectivity index (χ1v) is 5.14. The second-order valence-corrected chi connectivity index (χ2v) is 3.98. The van der Waals surface area contributed by atoms with Gasteiger partial charge in [0, 0.05) is 11.6 Å². The van der Waals surface area contributed by atoms with E-state index in [1.807, 2.05) is 36.2 Å². The van der Waals surface area contributed by atoms with Gasteiger partial charge in [-0.25, -0.2) is 0 Å². The maximum absolute atomic E-state index is 11.1. The minimum absolute atomic E-state index is 0.0477. The highest BCUT2D eigenvalue weighted by molar-refractivity contribution is 6.30. The monoisotopic (exact) mass is 226 g/mol. The van der Waals surface area contributed by atoms with Crippen molar-refractivity contribution in [1.29, 1.82) is 0 Å². The van der Waals surface area contributed by atoms with Crippen molar-refractivity contribution in [3.8, 4) is 0 Å². The molecule has 4 heteroatoms. The van der Waals surface area contributed by atoms with Gasteiger partial charge in [-0.15, -0.1) is 0 Å². The van der Waals surface area contributed by atoms with Crippen molar-refractivity contribution in [2.24, 2.45) is 5.73 Å². The molecule has 0 spiro atoms. The second-order valence-electron chi connectivity index (χ2n) is 3.54. The number of carbonyl (C=O) groups is 1. The van der Waals surface area contributed by atoms with E-state index in [-0.39, 0.29) is 12.3 Å². The molecule has 0 aliphatic heterocycles. The van der Waals surface area contributed by atoms with Crippen LogP contribution in [0.5, 0.6) is 0 Å². The molecule has 15 heavy (non-hydrogen) atoms. The third kappa shape index (κ3) is 4.42. The Morgan fingerprint density at radius 1 is 1.40 bits per heavy atom. The summed E-state index contributed by atoms with van der Waals surface area (Å²) in [4.78, 5) is 13.0. The van der Waals surface area contributed by atoms with Crippen LogP contribution < -0.4 is 5.73 Å². The highest BCUT2D eigenvalue weighted by Crippen LogP contribution is 2.10. The van der Waals surface area contributed by atoms with Crippen LogP contribution in [0.2, 0.25) is 5.02 Å². The minimum Gasteiger partial charge on any atom is -0.324 e. The zero-order valence-corrected chi connectivity index (χ0v) is 9.50. The predicted molar refractivity (Wildman–Crippen MR) is 61.8 cm³/mol. The van der Waals surface area contributed by atoms with Crippen LogP contribution in [0.25, 0.3) is 0 Å². The average Bonchev–Trinajstić information content (AvgIpc) is 2.21. The molecular weight excluding hydrogens is 212 g/mol. The van der Waals surface area contributed by atoms with Gasteiger partial charge in [-0.05, 0) is 24.7 Å². The molecule has 0 aliphatic rings. The van der Waals surface area contributed by atoms with Crippen LogP contribution in [0.3, 0.4) is 0 Å². The lowest BCUT2D eigenvalue weighted by Gasteiger charge is -2.15. The average molecular weight is 227 g/mol. The topological polar surface area (TPSA) is 46.3 Å². The van der Waals surface area contributed by atoms with Gasteiger partial charge in [0.05, 0.1) is 13.1 Å². The van der Waals surface area contributed by atoms with Crippen LogP contribution in [0.4, 0.5) is 0 Å². The zero-order chi connectivity index (χ0) is 11.3. The van der Waals surface area contributed by atoms with Gasteiger partial charge in [0.25, 0.3) is 0 Å². The van der Waals surface area contributed by atoms with Crippen molar-refractivity contribution < 1.29 is 4.79 Å². The van der Waals surface area contributed by atoms with Gasteiger partial charge >= 0.3 is 0 Å². The van der Waals surface area contributed by atoms with E-state index >= 15 is 0 Å². The highest BCUT2D eigenvalue weighted by Gasteiger charge is 2.05. The maximum atomic E-state index is 11.1. The smallest absolute Gasteiger partial charge is 0.160 e. The number of Topliss-reactive ketones (excluding diaryl/α,β-unsaturated/α-hetero) is 1. The molecule has 1 aromatic rings. The number of benzene rings is 1. The SMILES string of the molecule is CN(CC(=O)CN)Cc1ccc(Cl)cc1. The Morgan fingerprint density at radius 3 is 2.53 bits per heavy atom. The molecule has 0 atom stereocenters. The van der Waals surface area contributed by atoms with Crippen molar-refractivity contribution >= 4 is 17.4 Å². The Hall–Kier alpha value is -0.900. The predicted octanol–water partition coefficient (Wildman–Crippen LogP) is 1.30. The largest absolute Gasteiger partial charge is 0.324 e. The summed E-state index contributed by atoms with van der Waals surface area (Å²) in [5.41, 5.74) is 6.37. The summed E-state index contributed by atoms with van der Waals surface area (Å²) < 4.78 is 0. The molecule has 0 unspecified atom stereocenters. The standard InChI is InChI=1S/C11H15ClN2O/c1-14(8-11(15)6-13)7-9-2-4-10(12)5-3-9/h2-5H,6-8,13H2,1H3. The Balaban J connectivity index is 2.47. The van der Waals surface area contributed by atoms with E-state index in [9.17, 15) is 4.79 Å². The number of rotatable bonds is 5. The van der Waals surface area contributed by atoms with Crippen LogP contribution >= 0.6 is 11.6 Å². The first-order valence-electron chi connectivity index (χ1n) is 4.76. The van der Waals surface area contributed by atoms with Crippen molar-refractivity contribution in [3.63, 3.8) is 0 Å². The Morgan fingerprint density at radius 2 is 2.00 bits per heavy atom. The van der Waals surface area contributed by atoms with Gasteiger partial charge in [-0.2, -0.15) is 0 Å². The lowest BCUT2D eigenvalue weighted by molar-refractivity contribution is -0.118. The Kier molecular flexibility index (Phi) is 4.75. The van der Waals surface area contributed by atoms with Gasteiger partial charge in [-0.1, -0.05) is 23.7 Å². The first-order chi connectivity index (χ1) is 7.11. The van der Waals surface area contributed by atoms with Crippen LogP contribution in [-0.2, 0) is 11.3 Å². The van der Waals surface area contributed by atoms with Gasteiger partial charge in [0.1, 0.15) is 0 Å². The molecule has 0 aromatic heterocycles. The number of likely N-dealkylation sites (N-methyl/N-ethyl adjacent to an activating group) is 1. The van der Waals surface area contributed by atoms with Gasteiger partial charge in [0.15, 0.2) is 5.78 Å². The molecule has 0 amide bonds. The van der Waals surface area contributed by atoms with Crippen LogP contribution in [0, 0.1) is 0 Å². The molecular formula is C11H15ClN2O. The molecule has 3 nitrogen and oxygen atoms in total. The summed E-state index contributed by atoms with van der Waals surface area (Å²) >= 11 is 5.77. The molecule has 1 aromatic carbocycles. The van der Waals surface area contributed by atoms with Crippen molar-refractivity contribution in [2.75, 3.05) is 20.1 Å². The number of hydrogen-bond acceptors (Lipinski definition) is 3. The lowest BCUT2D eigenvalue weighted by Crippen LogP contribution is -2.29. The fraction of sp³-hybridized carbons (Fsp3) is 0.364. The van der Waals surface area contributed by atoms with Gasteiger partial charge in [0.2, 0.25) is 0 Å². The number of ketones is 1. The number of hydrogen-bond donors (Lipinski definition) is 1. The summed E-state index contributed by atoms with van der Waals surface area (Å²) in [7, 11) is 1.89. The van der Waals surface area contributed by atoms with E-state index in [1.54, 1.807) is 0 Å². The highest BCUT2D eigenvalue weighted by atomic mass is 35.5. The summed E-state index contributed by atoms with van der Waals surface area (Å²) in [6.45, 7) is 1.22. The van der Waals surface area contributed by atoms with E-state index in [1.165, 1.54) is 0 Å². The van der Waals surface area contributed by atoms with E-state index in [0.717, 1.165) is 17.1 Å². The Bertz CT molecular complexity index is 324. The van der Waals surface area contributed by atoms with Crippen LogP contribution in [0.15, 0.2) is 24.3 Å². The molecule has 0 fully saturated rings. The van der Waals surface area contributed by atoms with Crippen LogP contribution in [0.1, 0.15) is 5.56 Å². The quantitative estimate of drug-likeness (QED) is 0.823. The number of carbonyl (C=O) groups excluding carboxylic acids is 1. The van der Waals surface area contributed by atoms with Crippen molar-refractivity contribution in [2.45, 2.75) is 6.54 Å². The zero-order valence-electron chi connectivity index (χ0n) is 8.74. The van der Waals surface area contributed by atoms with E-state index in [2.05, 4.69) is 0 Å². The first kappa shape index (κ1) is 12.2. The van der Waals surface area contributed by atoms with E-state index in [0.29, 0.717) is 6.54 Å². The van der Waals surface area contributed by atoms with Gasteiger partial charge < -0.3 is 5.73 Å². The second kappa shape index (κ2) is 5.85. The third-order valence-electron chi connectivity index (χ3n) is 2.04. The third-order valence-corrected chi connectivity index (χ3v) is 2.29. The summed E-state index contributed by atoms with van der Waals surface area (Å²) in [5.74, 6) is 0.0477. The van der Waals surface area contributed by atoms with E-state index < -0.39 is 0 Å². The summed E-state index contributed by atoms with van der Waals surface area (Å²) in [6, 6.07) is 7.59. The van der Waals surface area contributed by atoms with Crippen LogP contribution in [-0.4, -0.2) is 30.8 Å². The number of nitrogens with zero attached hydrogens (tertiary/aromatic N) is 1. The fourth-order valence-corrected chi connectivity index (χ4v) is 1.45. The lowest BCUT2D eigenvalue weighted by atomic mass is 10.2. The minimum atomic E-state index is 0.0477. The van der Waals surface area contributed by atoms with Gasteiger partial charge in [-0.3, -0.25) is 9.69 Å². The number of nitrogens with two attached hydrogens (primary N) is 1. The summed E-state index contributed by atoms with van der Waals surface area (Å²) in [5, 5.41) is 0.722. The normalized spacial score (nSPS) is 10.7. The maximum Gasteiger partial charge on any atom is 0.160 e. The molecule has 82 valence electrons. The molecule has 0 bridgehead atoms. The molecule has 0 saturated heterocycles. The van der Waals surface area contributed by atoms with E-state index in [4.69, 9.17) is 17.3 Å². The molecule has 1 rings (SSSR count). The molecule has 0 aliphatic carbocycles. The molecule has 0 saturated carbocycles. The van der Waals surface area contributed by atoms with Crippen molar-refractivity contribution in [3.05, 3.63) is 34.9 Å². The number of halogens is 1. The summed E-state index contributed by atoms with van der Waals surface area (Å²) in [6.07, 6.45) is 0. The molecule has 0 heterocycles. The molecule has 2 N–H and O–H groups in total. The Labute approximate surface area is 94.8 Å². The molecule has 0 radical (unpaired) electrons. The fourth-order valence-electron chi connectivity index (χ4n) is 1.32. The van der Waals surface area contributed by atoms with Crippen molar-refractivity contribution in [1.82, 2.24) is 4.90 Å².